The molecule has 0 aromatic heterocycles. The van der Waals surface area contributed by atoms with Gasteiger partial charge in [0.1, 0.15) is 5.54 Å². The minimum Gasteiger partial charge on any atom is -0.468 e. The molecule has 1 unspecified atom stereocenters. The summed E-state index contributed by atoms with van der Waals surface area (Å²) in [6, 6.07) is 8.31. The number of ether oxygens (including phenoxy) is 1. The van der Waals surface area contributed by atoms with Crippen molar-refractivity contribution in [1.29, 1.82) is 0 Å². The van der Waals surface area contributed by atoms with Gasteiger partial charge in [0.15, 0.2) is 0 Å². The molecule has 1 rings (SSSR count). The van der Waals surface area contributed by atoms with Crippen LogP contribution in [0.2, 0.25) is 0 Å². The van der Waals surface area contributed by atoms with E-state index in [2.05, 4.69) is 29.9 Å². The van der Waals surface area contributed by atoms with Crippen LogP contribution in [0.5, 0.6) is 0 Å². The Balaban J connectivity index is 2.45. The summed E-state index contributed by atoms with van der Waals surface area (Å²) >= 11 is 1.64. The van der Waals surface area contributed by atoms with Crippen LogP contribution in [0.25, 0.3) is 0 Å². The molecule has 17 heavy (non-hydrogen) atoms. The Bertz CT molecular complexity index is 391. The van der Waals surface area contributed by atoms with E-state index in [4.69, 9.17) is 5.73 Å². The van der Waals surface area contributed by atoms with Crippen molar-refractivity contribution in [2.75, 3.05) is 12.9 Å². The first-order valence-corrected chi connectivity index (χ1v) is 6.62. The lowest BCUT2D eigenvalue weighted by molar-refractivity contribution is -0.145. The van der Waals surface area contributed by atoms with E-state index in [-0.39, 0.29) is 5.97 Å². The molecule has 0 aliphatic rings. The van der Waals surface area contributed by atoms with Gasteiger partial charge in [-0.25, -0.2) is 0 Å². The minimum absolute atomic E-state index is 0.366. The van der Waals surface area contributed by atoms with Crippen LogP contribution in [-0.2, 0) is 15.3 Å². The number of aryl methyl sites for hydroxylation is 1. The van der Waals surface area contributed by atoms with Crippen LogP contribution < -0.4 is 5.73 Å². The fraction of sp³-hybridized carbons (Fsp3) is 0.462. The van der Waals surface area contributed by atoms with Crippen molar-refractivity contribution in [3.8, 4) is 0 Å². The van der Waals surface area contributed by atoms with Crippen molar-refractivity contribution in [3.63, 3.8) is 0 Å². The van der Waals surface area contributed by atoms with Gasteiger partial charge in [-0.15, -0.1) is 0 Å². The molecule has 0 saturated heterocycles. The maximum absolute atomic E-state index is 11.4. The Kier molecular flexibility index (Phi) is 5.02. The van der Waals surface area contributed by atoms with Crippen molar-refractivity contribution in [2.24, 2.45) is 5.73 Å². The van der Waals surface area contributed by atoms with E-state index in [0.29, 0.717) is 5.75 Å². The fourth-order valence-corrected chi connectivity index (χ4v) is 2.53. The van der Waals surface area contributed by atoms with E-state index < -0.39 is 5.54 Å². The standard InChI is InChI=1S/C13H19NO2S/c1-10-5-4-6-11(7-10)8-17-9-13(2,14)12(15)16-3/h4-7H,8-9,14H2,1-3H3. The summed E-state index contributed by atoms with van der Waals surface area (Å²) < 4.78 is 4.66. The van der Waals surface area contributed by atoms with Gasteiger partial charge in [0.25, 0.3) is 0 Å². The highest BCUT2D eigenvalue weighted by molar-refractivity contribution is 7.98. The van der Waals surface area contributed by atoms with Crippen molar-refractivity contribution in [1.82, 2.24) is 0 Å². The van der Waals surface area contributed by atoms with Crippen LogP contribution in [0.1, 0.15) is 18.1 Å². The first kappa shape index (κ1) is 14.1. The molecular weight excluding hydrogens is 234 g/mol. The molecule has 1 aromatic rings. The third-order valence-electron chi connectivity index (χ3n) is 2.40. The summed E-state index contributed by atoms with van der Waals surface area (Å²) in [5.41, 5.74) is 7.44. The van der Waals surface area contributed by atoms with Crippen LogP contribution in [0.3, 0.4) is 0 Å². The molecule has 94 valence electrons. The molecule has 2 N–H and O–H groups in total. The Morgan fingerprint density at radius 1 is 1.53 bits per heavy atom. The molecule has 1 aromatic carbocycles. The van der Waals surface area contributed by atoms with Crippen LogP contribution in [0, 0.1) is 6.92 Å². The molecule has 1 atom stereocenters. The normalized spacial score (nSPS) is 14.1. The van der Waals surface area contributed by atoms with Crippen LogP contribution in [-0.4, -0.2) is 24.4 Å². The first-order chi connectivity index (χ1) is 7.95. The summed E-state index contributed by atoms with van der Waals surface area (Å²) in [5, 5.41) is 0. The van der Waals surface area contributed by atoms with E-state index >= 15 is 0 Å². The molecule has 0 aliphatic carbocycles. The van der Waals surface area contributed by atoms with Crippen molar-refractivity contribution in [2.45, 2.75) is 25.1 Å². The number of rotatable bonds is 5. The van der Waals surface area contributed by atoms with E-state index in [1.54, 1.807) is 18.7 Å². The highest BCUT2D eigenvalue weighted by atomic mass is 32.2. The van der Waals surface area contributed by atoms with Crippen molar-refractivity contribution >= 4 is 17.7 Å². The summed E-state index contributed by atoms with van der Waals surface area (Å²) in [7, 11) is 1.36. The van der Waals surface area contributed by atoms with Gasteiger partial charge in [-0.05, 0) is 19.4 Å². The third-order valence-corrected chi connectivity index (χ3v) is 3.75. The third kappa shape index (κ3) is 4.40. The summed E-state index contributed by atoms with van der Waals surface area (Å²) in [4.78, 5) is 11.4. The molecule has 0 amide bonds. The van der Waals surface area contributed by atoms with Gasteiger partial charge >= 0.3 is 5.97 Å². The van der Waals surface area contributed by atoms with Crippen molar-refractivity contribution < 1.29 is 9.53 Å². The maximum atomic E-state index is 11.4. The quantitative estimate of drug-likeness (QED) is 0.817. The Morgan fingerprint density at radius 3 is 2.82 bits per heavy atom. The number of benzene rings is 1. The molecule has 0 saturated carbocycles. The summed E-state index contributed by atoms with van der Waals surface area (Å²) in [6.07, 6.45) is 0. The van der Waals surface area contributed by atoms with Gasteiger partial charge in [0.2, 0.25) is 0 Å². The van der Waals surface area contributed by atoms with Crippen LogP contribution in [0.4, 0.5) is 0 Å². The van der Waals surface area contributed by atoms with E-state index in [1.807, 2.05) is 6.07 Å². The zero-order valence-corrected chi connectivity index (χ0v) is 11.3. The average molecular weight is 253 g/mol. The molecule has 0 bridgehead atoms. The highest BCUT2D eigenvalue weighted by Gasteiger charge is 2.29. The maximum Gasteiger partial charge on any atom is 0.326 e. The Morgan fingerprint density at radius 2 is 2.24 bits per heavy atom. The smallest absolute Gasteiger partial charge is 0.326 e. The highest BCUT2D eigenvalue weighted by Crippen LogP contribution is 2.18. The van der Waals surface area contributed by atoms with Crippen LogP contribution >= 0.6 is 11.8 Å². The van der Waals surface area contributed by atoms with E-state index in [9.17, 15) is 4.79 Å². The number of thioether (sulfide) groups is 1. The summed E-state index contributed by atoms with van der Waals surface area (Å²) in [5.74, 6) is 1.04. The van der Waals surface area contributed by atoms with E-state index in [0.717, 1.165) is 5.75 Å². The van der Waals surface area contributed by atoms with Gasteiger partial charge in [-0.3, -0.25) is 4.79 Å². The molecule has 0 fully saturated rings. The molecule has 4 heteroatoms. The fourth-order valence-electron chi connectivity index (χ4n) is 1.47. The second-order valence-corrected chi connectivity index (χ2v) is 5.38. The molecular formula is C13H19NO2S. The van der Waals surface area contributed by atoms with Gasteiger partial charge in [-0.2, -0.15) is 11.8 Å². The minimum atomic E-state index is -0.913. The molecule has 0 radical (unpaired) electrons. The van der Waals surface area contributed by atoms with Gasteiger partial charge < -0.3 is 10.5 Å². The number of nitrogens with two attached hydrogens (primary N) is 1. The zero-order valence-electron chi connectivity index (χ0n) is 10.5. The van der Waals surface area contributed by atoms with Gasteiger partial charge in [0.05, 0.1) is 7.11 Å². The Labute approximate surface area is 107 Å². The monoisotopic (exact) mass is 253 g/mol. The van der Waals surface area contributed by atoms with Crippen LogP contribution in [0.15, 0.2) is 24.3 Å². The van der Waals surface area contributed by atoms with E-state index in [1.165, 1.54) is 18.2 Å². The predicted octanol–water partition coefficient (Wildman–Crippen LogP) is 2.12. The lowest BCUT2D eigenvalue weighted by atomic mass is 10.1. The second kappa shape index (κ2) is 6.07. The zero-order chi connectivity index (χ0) is 12.9. The Hall–Kier alpha value is -1.00. The average Bonchev–Trinajstić information content (AvgIpc) is 2.27. The van der Waals surface area contributed by atoms with Crippen molar-refractivity contribution in [3.05, 3.63) is 35.4 Å². The SMILES string of the molecule is COC(=O)C(C)(N)CSCc1cccc(C)c1. The number of carbonyl (C=O) groups is 1. The molecule has 0 aliphatic heterocycles. The lowest BCUT2D eigenvalue weighted by Crippen LogP contribution is -2.48. The number of esters is 1. The van der Waals surface area contributed by atoms with Gasteiger partial charge in [-0.1, -0.05) is 29.8 Å². The topological polar surface area (TPSA) is 52.3 Å². The molecule has 0 heterocycles. The molecule has 3 nitrogen and oxygen atoms in total. The number of hydrogen-bond acceptors (Lipinski definition) is 4. The number of methoxy groups -OCH3 is 1. The predicted molar refractivity (Wildman–Crippen MR) is 71.9 cm³/mol. The van der Waals surface area contributed by atoms with Gasteiger partial charge in [0, 0.05) is 11.5 Å². The second-order valence-electron chi connectivity index (χ2n) is 4.39. The first-order valence-electron chi connectivity index (χ1n) is 5.46. The summed E-state index contributed by atoms with van der Waals surface area (Å²) in [6.45, 7) is 3.76. The largest absolute Gasteiger partial charge is 0.468 e. The number of carbonyl (C=O) groups excluding carboxylic acids is 1. The number of hydrogen-bond donors (Lipinski definition) is 1. The lowest BCUT2D eigenvalue weighted by Gasteiger charge is -2.20. The molecule has 0 spiro atoms.